The van der Waals surface area contributed by atoms with Crippen molar-refractivity contribution >= 4 is 17.5 Å². The monoisotopic (exact) mass is 267 g/mol. The van der Waals surface area contributed by atoms with Gasteiger partial charge >= 0.3 is 5.97 Å². The molecule has 6 nitrogen and oxygen atoms in total. The number of carbonyl (C=O) groups excluding carboxylic acids is 1. The van der Waals surface area contributed by atoms with Gasteiger partial charge in [0.05, 0.1) is 25.0 Å². The van der Waals surface area contributed by atoms with Crippen LogP contribution in [0.5, 0.6) is 0 Å². The topological polar surface area (TPSA) is 88.7 Å². The largest absolute Gasteiger partial charge is 0.465 e. The van der Waals surface area contributed by atoms with Gasteiger partial charge in [-0.3, -0.25) is 0 Å². The highest BCUT2D eigenvalue weighted by Gasteiger charge is 2.17. The van der Waals surface area contributed by atoms with Crippen molar-refractivity contribution in [2.45, 2.75) is 19.8 Å². The first kappa shape index (κ1) is 15.2. The Morgan fingerprint density at radius 1 is 1.53 bits per heavy atom. The number of esters is 1. The zero-order valence-corrected chi connectivity index (χ0v) is 11.4. The Morgan fingerprint density at radius 2 is 2.26 bits per heavy atom. The van der Waals surface area contributed by atoms with Crippen molar-refractivity contribution in [1.29, 1.82) is 0 Å². The first-order valence-electron chi connectivity index (χ1n) is 6.34. The fraction of sp³-hybridized carbons (Fsp3) is 0.538. The number of nitrogens with zero attached hydrogens (tertiary/aromatic N) is 2. The van der Waals surface area contributed by atoms with Crippen molar-refractivity contribution in [2.75, 3.05) is 37.4 Å². The average Bonchev–Trinajstić information content (AvgIpc) is 2.43. The second kappa shape index (κ2) is 7.58. The number of aliphatic hydroxyl groups excluding tert-OH is 1. The summed E-state index contributed by atoms with van der Waals surface area (Å²) in [6.07, 6.45) is 3.51. The van der Waals surface area contributed by atoms with Crippen LogP contribution in [0.15, 0.2) is 12.3 Å². The van der Waals surface area contributed by atoms with E-state index in [0.29, 0.717) is 23.6 Å². The maximum Gasteiger partial charge on any atom is 0.340 e. The van der Waals surface area contributed by atoms with E-state index in [1.54, 1.807) is 0 Å². The molecule has 0 spiro atoms. The maximum atomic E-state index is 11.6. The summed E-state index contributed by atoms with van der Waals surface area (Å²) in [5.41, 5.74) is 6.56. The summed E-state index contributed by atoms with van der Waals surface area (Å²) in [7, 11) is 1.31. The summed E-state index contributed by atoms with van der Waals surface area (Å²) >= 11 is 0. The predicted molar refractivity (Wildman–Crippen MR) is 74.2 cm³/mol. The number of nitrogens with two attached hydrogens (primary N) is 1. The molecule has 6 heteroatoms. The van der Waals surface area contributed by atoms with Gasteiger partial charge in [-0.15, -0.1) is 0 Å². The van der Waals surface area contributed by atoms with Gasteiger partial charge in [0, 0.05) is 19.3 Å². The number of unbranched alkanes of at least 4 members (excludes halogenated alkanes) is 1. The lowest BCUT2D eigenvalue weighted by molar-refractivity contribution is 0.0602. The Bertz CT molecular complexity index is 424. The number of pyridine rings is 1. The molecular formula is C13H21N3O3. The molecule has 0 saturated carbocycles. The number of hydrogen-bond acceptors (Lipinski definition) is 6. The van der Waals surface area contributed by atoms with E-state index in [2.05, 4.69) is 16.6 Å². The van der Waals surface area contributed by atoms with Gasteiger partial charge in [-0.25, -0.2) is 9.78 Å². The number of hydrogen-bond donors (Lipinski definition) is 2. The van der Waals surface area contributed by atoms with Crippen LogP contribution in [-0.2, 0) is 4.74 Å². The molecule has 1 aromatic heterocycles. The number of anilines is 2. The molecule has 1 heterocycles. The number of aromatic nitrogens is 1. The van der Waals surface area contributed by atoms with Gasteiger partial charge in [-0.1, -0.05) is 13.3 Å². The molecule has 0 fully saturated rings. The first-order chi connectivity index (χ1) is 9.15. The van der Waals surface area contributed by atoms with E-state index >= 15 is 0 Å². The summed E-state index contributed by atoms with van der Waals surface area (Å²) in [6.45, 7) is 3.26. The highest BCUT2D eigenvalue weighted by molar-refractivity contribution is 5.97. The lowest BCUT2D eigenvalue weighted by Gasteiger charge is -2.24. The molecule has 0 aliphatic rings. The van der Waals surface area contributed by atoms with Gasteiger partial charge in [0.25, 0.3) is 0 Å². The Morgan fingerprint density at radius 3 is 2.84 bits per heavy atom. The van der Waals surface area contributed by atoms with Crippen molar-refractivity contribution in [2.24, 2.45) is 0 Å². The van der Waals surface area contributed by atoms with Crippen LogP contribution < -0.4 is 10.6 Å². The average molecular weight is 267 g/mol. The van der Waals surface area contributed by atoms with Crippen LogP contribution in [0.25, 0.3) is 0 Å². The molecule has 3 N–H and O–H groups in total. The third-order valence-electron chi connectivity index (χ3n) is 2.83. The fourth-order valence-corrected chi connectivity index (χ4v) is 1.80. The lowest BCUT2D eigenvalue weighted by atomic mass is 10.2. The standard InChI is InChI=1S/C13H21N3O3/c1-3-4-7-16(8-9-17)12-11(14)10(5-6-15-12)13(18)19-2/h5-6,17H,3-4,7-9,14H2,1-2H3. The predicted octanol–water partition coefficient (Wildman–Crippen LogP) is 1.05. The van der Waals surface area contributed by atoms with E-state index in [9.17, 15) is 4.79 Å². The van der Waals surface area contributed by atoms with Crippen molar-refractivity contribution in [3.8, 4) is 0 Å². The quantitative estimate of drug-likeness (QED) is 0.718. The molecule has 0 atom stereocenters. The van der Waals surface area contributed by atoms with E-state index in [1.807, 2.05) is 4.90 Å². The zero-order chi connectivity index (χ0) is 14.3. The summed E-state index contributed by atoms with van der Waals surface area (Å²) in [6, 6.07) is 1.53. The van der Waals surface area contributed by atoms with Gasteiger partial charge in [0.2, 0.25) is 0 Å². The van der Waals surface area contributed by atoms with Gasteiger partial charge in [-0.05, 0) is 12.5 Å². The van der Waals surface area contributed by atoms with Gasteiger partial charge in [0.1, 0.15) is 0 Å². The van der Waals surface area contributed by atoms with Crippen LogP contribution in [0.4, 0.5) is 11.5 Å². The summed E-state index contributed by atoms with van der Waals surface area (Å²) < 4.78 is 4.68. The number of rotatable bonds is 7. The molecule has 0 aliphatic carbocycles. The molecule has 0 saturated heterocycles. The molecule has 1 aromatic rings. The van der Waals surface area contributed by atoms with Crippen LogP contribution >= 0.6 is 0 Å². The normalized spacial score (nSPS) is 10.3. The minimum atomic E-state index is -0.486. The highest BCUT2D eigenvalue weighted by Crippen LogP contribution is 2.24. The van der Waals surface area contributed by atoms with Crippen LogP contribution in [0.3, 0.4) is 0 Å². The van der Waals surface area contributed by atoms with Crippen molar-refractivity contribution < 1.29 is 14.6 Å². The van der Waals surface area contributed by atoms with Crippen LogP contribution in [0.2, 0.25) is 0 Å². The maximum absolute atomic E-state index is 11.6. The Hall–Kier alpha value is -1.82. The van der Waals surface area contributed by atoms with Gasteiger partial charge in [-0.2, -0.15) is 0 Å². The second-order valence-electron chi connectivity index (χ2n) is 4.15. The number of methoxy groups -OCH3 is 1. The molecule has 19 heavy (non-hydrogen) atoms. The van der Waals surface area contributed by atoms with E-state index < -0.39 is 5.97 Å². The highest BCUT2D eigenvalue weighted by atomic mass is 16.5. The number of ether oxygens (including phenoxy) is 1. The molecule has 106 valence electrons. The summed E-state index contributed by atoms with van der Waals surface area (Å²) in [4.78, 5) is 17.7. The molecule has 0 aromatic carbocycles. The minimum Gasteiger partial charge on any atom is -0.465 e. The second-order valence-corrected chi connectivity index (χ2v) is 4.15. The van der Waals surface area contributed by atoms with Crippen molar-refractivity contribution in [1.82, 2.24) is 4.98 Å². The molecule has 0 amide bonds. The SMILES string of the molecule is CCCCN(CCO)c1nccc(C(=O)OC)c1N. The van der Waals surface area contributed by atoms with Crippen molar-refractivity contribution in [3.05, 3.63) is 17.8 Å². The van der Waals surface area contributed by atoms with Crippen LogP contribution in [0.1, 0.15) is 30.1 Å². The molecule has 1 rings (SSSR count). The Labute approximate surface area is 113 Å². The van der Waals surface area contributed by atoms with Crippen LogP contribution in [-0.4, -0.2) is 42.9 Å². The molecule has 0 aliphatic heterocycles. The van der Waals surface area contributed by atoms with Crippen LogP contribution in [0, 0.1) is 0 Å². The zero-order valence-electron chi connectivity index (χ0n) is 11.4. The van der Waals surface area contributed by atoms with Gasteiger partial charge in [0.15, 0.2) is 5.82 Å². The Kier molecular flexibility index (Phi) is 6.08. The molecule has 0 radical (unpaired) electrons. The van der Waals surface area contributed by atoms with Crippen molar-refractivity contribution in [3.63, 3.8) is 0 Å². The molecule has 0 unspecified atom stereocenters. The Balaban J connectivity index is 3.05. The fourth-order valence-electron chi connectivity index (χ4n) is 1.80. The number of carbonyl (C=O) groups is 1. The third kappa shape index (κ3) is 3.82. The summed E-state index contributed by atoms with van der Waals surface area (Å²) in [5.74, 6) is 0.0333. The van der Waals surface area contributed by atoms with E-state index in [0.717, 1.165) is 19.4 Å². The lowest BCUT2D eigenvalue weighted by Crippen LogP contribution is -2.30. The molecular weight excluding hydrogens is 246 g/mol. The van der Waals surface area contributed by atoms with E-state index in [4.69, 9.17) is 10.8 Å². The molecule has 0 bridgehead atoms. The number of nitrogen functional groups attached to an aromatic ring is 1. The smallest absolute Gasteiger partial charge is 0.340 e. The van der Waals surface area contributed by atoms with Gasteiger partial charge < -0.3 is 20.5 Å². The third-order valence-corrected chi connectivity index (χ3v) is 2.83. The number of aliphatic hydroxyl groups is 1. The summed E-state index contributed by atoms with van der Waals surface area (Å²) in [5, 5.41) is 9.11. The van der Waals surface area contributed by atoms with E-state index in [-0.39, 0.29) is 6.61 Å². The van der Waals surface area contributed by atoms with E-state index in [1.165, 1.54) is 19.4 Å². The first-order valence-corrected chi connectivity index (χ1v) is 6.34. The minimum absolute atomic E-state index is 0.00723.